The number of hydrogen-bond donors (Lipinski definition) is 2. The molecule has 0 radical (unpaired) electrons. The molecule has 1 atom stereocenters. The molecule has 0 aromatic heterocycles. The smallest absolute Gasteiger partial charge is 0.406 e. The van der Waals surface area contributed by atoms with E-state index < -0.39 is 59.3 Å². The van der Waals surface area contributed by atoms with Gasteiger partial charge in [-0.15, -0.1) is 0 Å². The highest BCUT2D eigenvalue weighted by atomic mass is 19.4. The lowest BCUT2D eigenvalue weighted by Crippen LogP contribution is -2.47. The topological polar surface area (TPSA) is 127 Å². The lowest BCUT2D eigenvalue weighted by Gasteiger charge is -2.27. The number of nitrogens with two attached hydrogens (primary N) is 1. The number of carboxylic acid groups (broad SMARTS) is 1. The number of carbonyl (C=O) groups excluding carboxylic acids is 1. The Morgan fingerprint density at radius 1 is 1.38 bits per heavy atom. The van der Waals surface area contributed by atoms with Crippen LogP contribution in [0.25, 0.3) is 0 Å². The third-order valence-corrected chi connectivity index (χ3v) is 4.02. The van der Waals surface area contributed by atoms with Gasteiger partial charge in [0.2, 0.25) is 0 Å². The predicted molar refractivity (Wildman–Crippen MR) is 74.2 cm³/mol. The molecule has 3 N–H and O–H groups in total. The van der Waals surface area contributed by atoms with E-state index >= 15 is 0 Å². The molecule has 130 valence electrons. The number of carboxylic acids is 1. The van der Waals surface area contributed by atoms with Crippen molar-refractivity contribution >= 4 is 23.3 Å². The summed E-state index contributed by atoms with van der Waals surface area (Å²) in [5.41, 5.74) is 1.11. The van der Waals surface area contributed by atoms with E-state index in [-0.39, 0.29) is 5.56 Å². The first kappa shape index (κ1) is 17.5. The Balaban J connectivity index is 2.35. The molecule has 11 heteroatoms. The van der Waals surface area contributed by atoms with Crippen LogP contribution in [0.15, 0.2) is 18.2 Å². The van der Waals surface area contributed by atoms with Crippen LogP contribution in [-0.2, 0) is 4.79 Å². The van der Waals surface area contributed by atoms with Crippen LogP contribution in [0.4, 0.5) is 24.5 Å². The third kappa shape index (κ3) is 2.61. The molecule has 2 rings (SSSR count). The van der Waals surface area contributed by atoms with Crippen LogP contribution in [0.2, 0.25) is 0 Å². The largest absolute Gasteiger partial charge is 0.481 e. The van der Waals surface area contributed by atoms with Crippen molar-refractivity contribution in [3.63, 3.8) is 0 Å². The van der Waals surface area contributed by atoms with E-state index in [1.807, 2.05) is 0 Å². The molecule has 1 heterocycles. The summed E-state index contributed by atoms with van der Waals surface area (Å²) in [4.78, 5) is 34.1. The van der Waals surface area contributed by atoms with E-state index in [2.05, 4.69) is 0 Å². The van der Waals surface area contributed by atoms with Crippen LogP contribution >= 0.6 is 0 Å². The van der Waals surface area contributed by atoms with E-state index in [9.17, 15) is 32.9 Å². The number of aliphatic carboxylic acids is 1. The number of carbonyl (C=O) groups is 2. The first-order valence-electron chi connectivity index (χ1n) is 6.63. The molecule has 1 aliphatic rings. The van der Waals surface area contributed by atoms with E-state index in [0.29, 0.717) is 4.90 Å². The van der Waals surface area contributed by atoms with Crippen LogP contribution in [0.5, 0.6) is 0 Å². The number of amides is 1. The lowest BCUT2D eigenvalue weighted by atomic mass is 9.86. The Hall–Kier alpha value is -2.85. The van der Waals surface area contributed by atoms with E-state index in [0.717, 1.165) is 12.1 Å². The minimum atomic E-state index is -5.04. The number of para-hydroxylation sites is 1. The standard InChI is InChI=1S/C13H12F3N3O5/c14-13(15,16)12(11(21)22)4-5-18(6-12)10(20)7-2-1-3-8(9(7)17)19(23)24/h1-3H,4-6,17H2,(H,21,22). The van der Waals surface area contributed by atoms with Gasteiger partial charge in [-0.25, -0.2) is 0 Å². The summed E-state index contributed by atoms with van der Waals surface area (Å²) in [5, 5.41) is 19.8. The normalized spacial score (nSPS) is 20.9. The average molecular weight is 347 g/mol. The van der Waals surface area contributed by atoms with Crippen LogP contribution in [0, 0.1) is 15.5 Å². The Morgan fingerprint density at radius 3 is 2.46 bits per heavy atom. The fraction of sp³-hybridized carbons (Fsp3) is 0.385. The van der Waals surface area contributed by atoms with Crippen LogP contribution in [0.3, 0.4) is 0 Å². The number of nitro benzene ring substituents is 1. The van der Waals surface area contributed by atoms with Crippen molar-refractivity contribution in [1.82, 2.24) is 4.90 Å². The number of halogens is 3. The molecule has 1 amide bonds. The maximum atomic E-state index is 13.1. The highest BCUT2D eigenvalue weighted by molar-refractivity contribution is 6.01. The number of nitrogen functional groups attached to an aromatic ring is 1. The number of hydrogen-bond acceptors (Lipinski definition) is 5. The average Bonchev–Trinajstić information content (AvgIpc) is 2.92. The van der Waals surface area contributed by atoms with Gasteiger partial charge in [-0.05, 0) is 12.5 Å². The number of nitro groups is 1. The molecular formula is C13H12F3N3O5. The molecule has 0 spiro atoms. The lowest BCUT2D eigenvalue weighted by molar-refractivity contribution is -0.383. The second kappa shape index (κ2) is 5.65. The Morgan fingerprint density at radius 2 is 2.00 bits per heavy atom. The number of nitrogens with zero attached hydrogens (tertiary/aromatic N) is 2. The fourth-order valence-corrected chi connectivity index (χ4v) is 2.58. The van der Waals surface area contributed by atoms with Crippen molar-refractivity contribution < 1.29 is 32.8 Å². The molecule has 1 saturated heterocycles. The molecule has 1 aliphatic heterocycles. The summed E-state index contributed by atoms with van der Waals surface area (Å²) in [6, 6.07) is 3.36. The molecule has 1 aromatic rings. The molecular weight excluding hydrogens is 335 g/mol. The summed E-state index contributed by atoms with van der Waals surface area (Å²) in [6.07, 6.45) is -5.84. The quantitative estimate of drug-likeness (QED) is 0.486. The zero-order valence-corrected chi connectivity index (χ0v) is 12.0. The minimum absolute atomic E-state index is 0.340. The van der Waals surface area contributed by atoms with Gasteiger partial charge < -0.3 is 15.7 Å². The van der Waals surface area contributed by atoms with Gasteiger partial charge in [0, 0.05) is 19.2 Å². The molecule has 8 nitrogen and oxygen atoms in total. The summed E-state index contributed by atoms with van der Waals surface area (Å²) in [5.74, 6) is -3.05. The second-order valence-electron chi connectivity index (χ2n) is 5.36. The molecule has 1 fully saturated rings. The van der Waals surface area contributed by atoms with Crippen molar-refractivity contribution in [3.05, 3.63) is 33.9 Å². The summed E-state index contributed by atoms with van der Waals surface area (Å²) in [6.45, 7) is -1.53. The SMILES string of the molecule is Nc1c(C(=O)N2CCC(C(=O)O)(C(F)(F)F)C2)cccc1[N+](=O)[O-]. The number of rotatable bonds is 3. The number of alkyl halides is 3. The van der Waals surface area contributed by atoms with Crippen LogP contribution in [-0.4, -0.2) is 46.1 Å². The number of anilines is 1. The maximum Gasteiger partial charge on any atom is 0.406 e. The van der Waals surface area contributed by atoms with E-state index in [4.69, 9.17) is 10.8 Å². The van der Waals surface area contributed by atoms with Crippen LogP contribution in [0.1, 0.15) is 16.8 Å². The molecule has 1 unspecified atom stereocenters. The highest BCUT2D eigenvalue weighted by Crippen LogP contribution is 2.46. The third-order valence-electron chi connectivity index (χ3n) is 4.02. The van der Waals surface area contributed by atoms with Gasteiger partial charge in [0.1, 0.15) is 5.69 Å². The van der Waals surface area contributed by atoms with Crippen molar-refractivity contribution in [2.45, 2.75) is 12.6 Å². The Bertz CT molecular complexity index is 721. The zero-order valence-electron chi connectivity index (χ0n) is 12.0. The van der Waals surface area contributed by atoms with E-state index in [1.54, 1.807) is 0 Å². The van der Waals surface area contributed by atoms with Crippen molar-refractivity contribution in [2.75, 3.05) is 18.8 Å². The minimum Gasteiger partial charge on any atom is -0.481 e. The molecule has 0 bridgehead atoms. The van der Waals surface area contributed by atoms with Gasteiger partial charge in [-0.3, -0.25) is 19.7 Å². The Kier molecular flexibility index (Phi) is 4.12. The van der Waals surface area contributed by atoms with Gasteiger partial charge in [0.25, 0.3) is 11.6 Å². The monoisotopic (exact) mass is 347 g/mol. The zero-order chi connectivity index (χ0) is 18.3. The first-order valence-corrected chi connectivity index (χ1v) is 6.63. The summed E-state index contributed by atoms with van der Waals surface area (Å²) >= 11 is 0. The summed E-state index contributed by atoms with van der Waals surface area (Å²) < 4.78 is 39.4. The maximum absolute atomic E-state index is 13.1. The molecule has 1 aromatic carbocycles. The van der Waals surface area contributed by atoms with Gasteiger partial charge in [-0.1, -0.05) is 6.07 Å². The fourth-order valence-electron chi connectivity index (χ4n) is 2.58. The van der Waals surface area contributed by atoms with Crippen molar-refractivity contribution in [3.8, 4) is 0 Å². The number of benzene rings is 1. The molecule has 24 heavy (non-hydrogen) atoms. The first-order chi connectivity index (χ1) is 11.0. The van der Waals surface area contributed by atoms with Gasteiger partial charge in [-0.2, -0.15) is 13.2 Å². The molecule has 0 aliphatic carbocycles. The van der Waals surface area contributed by atoms with E-state index in [1.165, 1.54) is 6.07 Å². The highest BCUT2D eigenvalue weighted by Gasteiger charge is 2.64. The number of likely N-dealkylation sites (tertiary alicyclic amines) is 1. The summed E-state index contributed by atoms with van der Waals surface area (Å²) in [7, 11) is 0. The van der Waals surface area contributed by atoms with Crippen molar-refractivity contribution in [2.24, 2.45) is 5.41 Å². The predicted octanol–water partition coefficient (Wildman–Crippen LogP) is 1.66. The van der Waals surface area contributed by atoms with Crippen LogP contribution < -0.4 is 5.73 Å². The van der Waals surface area contributed by atoms with Gasteiger partial charge in [0.05, 0.1) is 10.5 Å². The van der Waals surface area contributed by atoms with Crippen molar-refractivity contribution in [1.29, 1.82) is 0 Å². The van der Waals surface area contributed by atoms with Gasteiger partial charge in [0.15, 0.2) is 5.41 Å². The van der Waals surface area contributed by atoms with Gasteiger partial charge >= 0.3 is 12.1 Å². The second-order valence-corrected chi connectivity index (χ2v) is 5.36. The molecule has 0 saturated carbocycles. The Labute approximate surface area is 132 Å².